The van der Waals surface area contributed by atoms with E-state index in [-0.39, 0.29) is 5.92 Å². The first-order valence-corrected chi connectivity index (χ1v) is 5.60. The molecule has 0 saturated carbocycles. The van der Waals surface area contributed by atoms with Crippen molar-refractivity contribution in [1.82, 2.24) is 0 Å². The lowest BCUT2D eigenvalue weighted by Gasteiger charge is -2.09. The SMILES string of the molecule is CCC=CCCC(CCCC)C(=O)O. The van der Waals surface area contributed by atoms with Crippen molar-refractivity contribution in [2.45, 2.75) is 52.4 Å². The van der Waals surface area contributed by atoms with Crippen LogP contribution in [0.4, 0.5) is 0 Å². The molecular formula is C12H22O2. The molecule has 0 aliphatic heterocycles. The first-order chi connectivity index (χ1) is 6.72. The second-order valence-electron chi connectivity index (χ2n) is 3.63. The Balaban J connectivity index is 3.73. The molecule has 0 fully saturated rings. The standard InChI is InChI=1S/C12H22O2/c1-3-5-7-8-10-11(12(13)14)9-6-4-2/h5,7,11H,3-4,6,8-10H2,1-2H3,(H,13,14). The van der Waals surface area contributed by atoms with E-state index >= 15 is 0 Å². The Morgan fingerprint density at radius 3 is 2.50 bits per heavy atom. The van der Waals surface area contributed by atoms with Gasteiger partial charge in [0.15, 0.2) is 0 Å². The minimum Gasteiger partial charge on any atom is -0.481 e. The Bertz CT molecular complexity index is 173. The van der Waals surface area contributed by atoms with Gasteiger partial charge in [0.2, 0.25) is 0 Å². The molecule has 0 saturated heterocycles. The number of carboxylic acids is 1. The molecule has 0 aliphatic rings. The van der Waals surface area contributed by atoms with Crippen molar-refractivity contribution < 1.29 is 9.90 Å². The molecule has 0 spiro atoms. The maximum Gasteiger partial charge on any atom is 0.306 e. The van der Waals surface area contributed by atoms with E-state index < -0.39 is 5.97 Å². The van der Waals surface area contributed by atoms with E-state index in [2.05, 4.69) is 26.0 Å². The van der Waals surface area contributed by atoms with Crippen molar-refractivity contribution in [2.75, 3.05) is 0 Å². The fourth-order valence-corrected chi connectivity index (χ4v) is 1.42. The minimum atomic E-state index is -0.636. The Morgan fingerprint density at radius 2 is 2.00 bits per heavy atom. The summed E-state index contributed by atoms with van der Waals surface area (Å²) in [6.45, 7) is 4.18. The first kappa shape index (κ1) is 13.2. The van der Waals surface area contributed by atoms with Crippen molar-refractivity contribution >= 4 is 5.97 Å². The monoisotopic (exact) mass is 198 g/mol. The van der Waals surface area contributed by atoms with E-state index in [1.165, 1.54) is 0 Å². The Kier molecular flexibility index (Phi) is 8.30. The molecule has 0 heterocycles. The van der Waals surface area contributed by atoms with Crippen LogP contribution in [0.25, 0.3) is 0 Å². The molecule has 0 rings (SSSR count). The van der Waals surface area contributed by atoms with Gasteiger partial charge in [0.05, 0.1) is 5.92 Å². The van der Waals surface area contributed by atoms with Crippen LogP contribution in [0, 0.1) is 5.92 Å². The van der Waals surface area contributed by atoms with Crippen molar-refractivity contribution in [3.8, 4) is 0 Å². The Labute approximate surface area is 87.0 Å². The van der Waals surface area contributed by atoms with Crippen LogP contribution in [0.2, 0.25) is 0 Å². The van der Waals surface area contributed by atoms with Crippen LogP contribution in [-0.4, -0.2) is 11.1 Å². The summed E-state index contributed by atoms with van der Waals surface area (Å²) < 4.78 is 0. The summed E-state index contributed by atoms with van der Waals surface area (Å²) in [5.41, 5.74) is 0. The highest BCUT2D eigenvalue weighted by molar-refractivity contribution is 5.69. The third kappa shape index (κ3) is 6.70. The lowest BCUT2D eigenvalue weighted by molar-refractivity contribution is -0.142. The Hall–Kier alpha value is -0.790. The van der Waals surface area contributed by atoms with Crippen LogP contribution in [0.3, 0.4) is 0 Å². The number of rotatable bonds is 8. The third-order valence-corrected chi connectivity index (χ3v) is 2.34. The molecule has 0 amide bonds. The van der Waals surface area contributed by atoms with Gasteiger partial charge in [0, 0.05) is 0 Å². The van der Waals surface area contributed by atoms with E-state index in [4.69, 9.17) is 5.11 Å². The van der Waals surface area contributed by atoms with Gasteiger partial charge in [-0.1, -0.05) is 38.8 Å². The zero-order valence-corrected chi connectivity index (χ0v) is 9.33. The number of carboxylic acid groups (broad SMARTS) is 1. The van der Waals surface area contributed by atoms with Gasteiger partial charge in [0.25, 0.3) is 0 Å². The van der Waals surface area contributed by atoms with Crippen LogP contribution in [0.15, 0.2) is 12.2 Å². The normalized spacial score (nSPS) is 13.3. The molecule has 1 unspecified atom stereocenters. The number of unbranched alkanes of at least 4 members (excludes halogenated alkanes) is 1. The van der Waals surface area contributed by atoms with Gasteiger partial charge in [-0.15, -0.1) is 0 Å². The van der Waals surface area contributed by atoms with Crippen molar-refractivity contribution in [1.29, 1.82) is 0 Å². The van der Waals surface area contributed by atoms with Crippen molar-refractivity contribution in [3.63, 3.8) is 0 Å². The van der Waals surface area contributed by atoms with Crippen molar-refractivity contribution in [3.05, 3.63) is 12.2 Å². The molecule has 2 heteroatoms. The highest BCUT2D eigenvalue weighted by atomic mass is 16.4. The van der Waals surface area contributed by atoms with Crippen LogP contribution >= 0.6 is 0 Å². The fourth-order valence-electron chi connectivity index (χ4n) is 1.42. The van der Waals surface area contributed by atoms with Gasteiger partial charge in [0.1, 0.15) is 0 Å². The molecular weight excluding hydrogens is 176 g/mol. The predicted molar refractivity (Wildman–Crippen MR) is 59.3 cm³/mol. The molecule has 0 aliphatic carbocycles. The van der Waals surface area contributed by atoms with E-state index in [0.717, 1.165) is 38.5 Å². The van der Waals surface area contributed by atoms with Crippen LogP contribution in [0.1, 0.15) is 52.4 Å². The minimum absolute atomic E-state index is 0.142. The summed E-state index contributed by atoms with van der Waals surface area (Å²) in [7, 11) is 0. The average molecular weight is 198 g/mol. The maximum atomic E-state index is 10.8. The van der Waals surface area contributed by atoms with Gasteiger partial charge in [-0.3, -0.25) is 4.79 Å². The second-order valence-corrected chi connectivity index (χ2v) is 3.63. The quantitative estimate of drug-likeness (QED) is 0.605. The number of hydrogen-bond acceptors (Lipinski definition) is 1. The van der Waals surface area contributed by atoms with Crippen LogP contribution in [-0.2, 0) is 4.79 Å². The van der Waals surface area contributed by atoms with Gasteiger partial charge in [-0.25, -0.2) is 0 Å². The predicted octanol–water partition coefficient (Wildman–Crippen LogP) is 3.62. The lowest BCUT2D eigenvalue weighted by atomic mass is 9.97. The lowest BCUT2D eigenvalue weighted by Crippen LogP contribution is -2.13. The summed E-state index contributed by atoms with van der Waals surface area (Å²) in [5, 5.41) is 8.93. The molecule has 0 aromatic rings. The number of aliphatic carboxylic acids is 1. The van der Waals surface area contributed by atoms with E-state index in [1.807, 2.05) is 0 Å². The molecule has 0 aromatic heterocycles. The zero-order chi connectivity index (χ0) is 10.8. The molecule has 0 aromatic carbocycles. The molecule has 0 bridgehead atoms. The maximum absolute atomic E-state index is 10.8. The summed E-state index contributed by atoms with van der Waals surface area (Å²) in [6.07, 6.45) is 9.82. The third-order valence-electron chi connectivity index (χ3n) is 2.34. The summed E-state index contributed by atoms with van der Waals surface area (Å²) >= 11 is 0. The van der Waals surface area contributed by atoms with Gasteiger partial charge in [-0.05, 0) is 25.7 Å². The molecule has 0 radical (unpaired) electrons. The van der Waals surface area contributed by atoms with E-state index in [9.17, 15) is 4.79 Å². The summed E-state index contributed by atoms with van der Waals surface area (Å²) in [5.74, 6) is -0.778. The number of allylic oxidation sites excluding steroid dienone is 2. The second kappa shape index (κ2) is 8.79. The molecule has 1 N–H and O–H groups in total. The van der Waals surface area contributed by atoms with Crippen molar-refractivity contribution in [2.24, 2.45) is 5.92 Å². The molecule has 2 nitrogen and oxygen atoms in total. The summed E-state index contributed by atoms with van der Waals surface area (Å²) in [4.78, 5) is 10.8. The zero-order valence-electron chi connectivity index (χ0n) is 9.33. The molecule has 82 valence electrons. The first-order valence-electron chi connectivity index (χ1n) is 5.60. The van der Waals surface area contributed by atoms with Crippen LogP contribution in [0.5, 0.6) is 0 Å². The highest BCUT2D eigenvalue weighted by Crippen LogP contribution is 2.15. The summed E-state index contributed by atoms with van der Waals surface area (Å²) in [6, 6.07) is 0. The van der Waals surface area contributed by atoms with Gasteiger partial charge in [-0.2, -0.15) is 0 Å². The largest absolute Gasteiger partial charge is 0.481 e. The smallest absolute Gasteiger partial charge is 0.306 e. The molecule has 14 heavy (non-hydrogen) atoms. The van der Waals surface area contributed by atoms with Gasteiger partial charge >= 0.3 is 5.97 Å². The number of carbonyl (C=O) groups is 1. The van der Waals surface area contributed by atoms with Gasteiger partial charge < -0.3 is 5.11 Å². The highest BCUT2D eigenvalue weighted by Gasteiger charge is 2.14. The Morgan fingerprint density at radius 1 is 1.29 bits per heavy atom. The number of hydrogen-bond donors (Lipinski definition) is 1. The molecule has 1 atom stereocenters. The van der Waals surface area contributed by atoms with E-state index in [0.29, 0.717) is 0 Å². The fraction of sp³-hybridized carbons (Fsp3) is 0.750. The average Bonchev–Trinajstić information content (AvgIpc) is 2.16. The van der Waals surface area contributed by atoms with E-state index in [1.54, 1.807) is 0 Å². The van der Waals surface area contributed by atoms with Crippen LogP contribution < -0.4 is 0 Å². The topological polar surface area (TPSA) is 37.3 Å².